The summed E-state index contributed by atoms with van der Waals surface area (Å²) in [7, 11) is 1.72. The minimum Gasteiger partial charge on any atom is -0.482 e. The van der Waals surface area contributed by atoms with Gasteiger partial charge in [-0.25, -0.2) is 0 Å². The first-order valence-corrected chi connectivity index (χ1v) is 6.10. The van der Waals surface area contributed by atoms with Crippen molar-refractivity contribution in [2.24, 2.45) is 5.73 Å². The first kappa shape index (κ1) is 13.4. The van der Waals surface area contributed by atoms with E-state index in [1.165, 1.54) is 0 Å². The first-order chi connectivity index (χ1) is 9.10. The minimum absolute atomic E-state index is 0.0184. The molecular formula is C13H17N3O3. The Hall–Kier alpha value is -2.08. The molecule has 0 atom stereocenters. The molecule has 0 radical (unpaired) electrons. The number of nitrogens with one attached hydrogen (secondary N) is 1. The maximum Gasteiger partial charge on any atom is 0.262 e. The van der Waals surface area contributed by atoms with E-state index in [-0.39, 0.29) is 25.0 Å². The van der Waals surface area contributed by atoms with Crippen molar-refractivity contribution in [3.8, 4) is 5.75 Å². The fraction of sp³-hybridized carbons (Fsp3) is 0.385. The van der Waals surface area contributed by atoms with Crippen LogP contribution < -0.4 is 15.8 Å². The molecule has 1 aromatic carbocycles. The van der Waals surface area contributed by atoms with Crippen molar-refractivity contribution in [1.82, 2.24) is 4.90 Å². The zero-order valence-electron chi connectivity index (χ0n) is 10.8. The molecule has 1 aliphatic rings. The number of carbonyl (C=O) groups excluding carboxylic acids is 2. The molecule has 6 nitrogen and oxygen atoms in total. The number of benzene rings is 1. The molecule has 1 aromatic rings. The van der Waals surface area contributed by atoms with Crippen LogP contribution in [0.4, 0.5) is 5.69 Å². The number of amides is 2. The van der Waals surface area contributed by atoms with E-state index in [9.17, 15) is 9.59 Å². The largest absolute Gasteiger partial charge is 0.482 e. The highest BCUT2D eigenvalue weighted by molar-refractivity contribution is 5.95. The van der Waals surface area contributed by atoms with Gasteiger partial charge in [-0.15, -0.1) is 0 Å². The zero-order valence-corrected chi connectivity index (χ0v) is 10.8. The van der Waals surface area contributed by atoms with Crippen molar-refractivity contribution < 1.29 is 14.3 Å². The van der Waals surface area contributed by atoms with Gasteiger partial charge in [-0.3, -0.25) is 9.59 Å². The summed E-state index contributed by atoms with van der Waals surface area (Å²) in [6, 6.07) is 5.62. The van der Waals surface area contributed by atoms with Gasteiger partial charge in [0, 0.05) is 13.6 Å². The molecule has 0 aliphatic carbocycles. The van der Waals surface area contributed by atoms with Gasteiger partial charge in [0.05, 0.1) is 12.2 Å². The molecule has 1 heterocycles. The van der Waals surface area contributed by atoms with Crippen molar-refractivity contribution >= 4 is 17.5 Å². The van der Waals surface area contributed by atoms with Crippen LogP contribution in [-0.4, -0.2) is 43.5 Å². The Morgan fingerprint density at radius 2 is 2.32 bits per heavy atom. The van der Waals surface area contributed by atoms with Crippen LogP contribution >= 0.6 is 0 Å². The van der Waals surface area contributed by atoms with Gasteiger partial charge in [0.15, 0.2) is 6.61 Å². The third kappa shape index (κ3) is 3.23. The molecule has 0 bridgehead atoms. The lowest BCUT2D eigenvalue weighted by Crippen LogP contribution is -2.34. The lowest BCUT2D eigenvalue weighted by atomic mass is 10.1. The fourth-order valence-corrected chi connectivity index (χ4v) is 1.86. The molecule has 19 heavy (non-hydrogen) atoms. The van der Waals surface area contributed by atoms with E-state index in [4.69, 9.17) is 10.5 Å². The molecule has 0 aromatic heterocycles. The van der Waals surface area contributed by atoms with Crippen LogP contribution in [0.15, 0.2) is 18.2 Å². The summed E-state index contributed by atoms with van der Waals surface area (Å²) in [5, 5.41) is 2.76. The molecule has 6 heteroatoms. The Bertz CT molecular complexity index is 502. The smallest absolute Gasteiger partial charge is 0.262 e. The topological polar surface area (TPSA) is 84.7 Å². The van der Waals surface area contributed by atoms with Crippen LogP contribution in [0.3, 0.4) is 0 Å². The number of rotatable bonds is 4. The molecular weight excluding hydrogens is 246 g/mol. The fourth-order valence-electron chi connectivity index (χ4n) is 1.86. The van der Waals surface area contributed by atoms with E-state index in [1.54, 1.807) is 11.9 Å². The highest BCUT2D eigenvalue weighted by atomic mass is 16.5. The Labute approximate surface area is 111 Å². The minimum atomic E-state index is -0.153. The molecule has 2 amide bonds. The highest BCUT2D eigenvalue weighted by Gasteiger charge is 2.16. The number of anilines is 1. The summed E-state index contributed by atoms with van der Waals surface area (Å²) in [4.78, 5) is 24.2. The normalized spacial score (nSPS) is 13.3. The molecule has 0 saturated carbocycles. The molecule has 0 fully saturated rings. The standard InChI is InChI=1S/C13H17N3O3/c1-16(13(18)7-14)5-4-9-2-3-11-10(6-9)15-12(17)8-19-11/h2-3,6H,4-5,7-8,14H2,1H3,(H,15,17). The van der Waals surface area contributed by atoms with Crippen LogP contribution in [-0.2, 0) is 16.0 Å². The summed E-state index contributed by atoms with van der Waals surface area (Å²) in [5.41, 5.74) is 7.00. The number of likely N-dealkylation sites (N-methyl/N-ethyl adjacent to an activating group) is 1. The molecule has 0 unspecified atom stereocenters. The van der Waals surface area contributed by atoms with Crippen LogP contribution in [0.25, 0.3) is 0 Å². The van der Waals surface area contributed by atoms with E-state index in [0.717, 1.165) is 5.56 Å². The quantitative estimate of drug-likeness (QED) is 0.799. The number of nitrogens with zero attached hydrogens (tertiary/aromatic N) is 1. The monoisotopic (exact) mass is 263 g/mol. The number of carbonyl (C=O) groups is 2. The lowest BCUT2D eigenvalue weighted by Gasteiger charge is -2.19. The average Bonchev–Trinajstić information content (AvgIpc) is 2.43. The molecule has 3 N–H and O–H groups in total. The summed E-state index contributed by atoms with van der Waals surface area (Å²) in [5.74, 6) is 0.435. The Morgan fingerprint density at radius 1 is 1.53 bits per heavy atom. The van der Waals surface area contributed by atoms with Crippen molar-refractivity contribution in [3.63, 3.8) is 0 Å². The van der Waals surface area contributed by atoms with Gasteiger partial charge in [-0.1, -0.05) is 6.07 Å². The summed E-state index contributed by atoms with van der Waals surface area (Å²) >= 11 is 0. The number of nitrogens with two attached hydrogens (primary N) is 1. The van der Waals surface area contributed by atoms with E-state index < -0.39 is 0 Å². The number of ether oxygens (including phenoxy) is 1. The summed E-state index contributed by atoms with van der Waals surface area (Å²) in [6.07, 6.45) is 0.700. The average molecular weight is 263 g/mol. The van der Waals surface area contributed by atoms with Gasteiger partial charge in [0.1, 0.15) is 5.75 Å². The second kappa shape index (κ2) is 5.71. The van der Waals surface area contributed by atoms with E-state index in [1.807, 2.05) is 18.2 Å². The Morgan fingerprint density at radius 3 is 3.05 bits per heavy atom. The van der Waals surface area contributed by atoms with Crippen molar-refractivity contribution in [2.75, 3.05) is 32.1 Å². The zero-order chi connectivity index (χ0) is 13.8. The van der Waals surface area contributed by atoms with Gasteiger partial charge in [0.2, 0.25) is 5.91 Å². The van der Waals surface area contributed by atoms with Crippen LogP contribution in [0.2, 0.25) is 0 Å². The third-order valence-electron chi connectivity index (χ3n) is 3.01. The van der Waals surface area contributed by atoms with Crippen molar-refractivity contribution in [3.05, 3.63) is 23.8 Å². The molecule has 102 valence electrons. The van der Waals surface area contributed by atoms with Crippen molar-refractivity contribution in [2.45, 2.75) is 6.42 Å². The number of hydrogen-bond acceptors (Lipinski definition) is 4. The van der Waals surface area contributed by atoms with Crippen LogP contribution in [0.5, 0.6) is 5.75 Å². The lowest BCUT2D eigenvalue weighted by molar-refractivity contribution is -0.128. The highest BCUT2D eigenvalue weighted by Crippen LogP contribution is 2.28. The Balaban J connectivity index is 2.00. The van der Waals surface area contributed by atoms with Crippen LogP contribution in [0, 0.1) is 0 Å². The molecule has 1 aliphatic heterocycles. The van der Waals surface area contributed by atoms with Gasteiger partial charge < -0.3 is 20.7 Å². The number of fused-ring (bicyclic) bond motifs is 1. The maximum atomic E-state index is 11.3. The summed E-state index contributed by atoms with van der Waals surface area (Å²) in [6.45, 7) is 0.661. The Kier molecular flexibility index (Phi) is 4.01. The second-order valence-electron chi connectivity index (χ2n) is 4.44. The van der Waals surface area contributed by atoms with Crippen molar-refractivity contribution in [1.29, 1.82) is 0 Å². The maximum absolute atomic E-state index is 11.3. The SMILES string of the molecule is CN(CCc1ccc2c(c1)NC(=O)CO2)C(=O)CN. The molecule has 0 spiro atoms. The van der Waals surface area contributed by atoms with E-state index in [0.29, 0.717) is 24.4 Å². The molecule has 2 rings (SSSR count). The second-order valence-corrected chi connectivity index (χ2v) is 4.44. The van der Waals surface area contributed by atoms with E-state index in [2.05, 4.69) is 5.32 Å². The molecule has 0 saturated heterocycles. The van der Waals surface area contributed by atoms with Gasteiger partial charge in [-0.2, -0.15) is 0 Å². The van der Waals surface area contributed by atoms with Crippen LogP contribution in [0.1, 0.15) is 5.56 Å². The van der Waals surface area contributed by atoms with E-state index >= 15 is 0 Å². The summed E-state index contributed by atoms with van der Waals surface area (Å²) < 4.78 is 5.28. The van der Waals surface area contributed by atoms with Gasteiger partial charge in [0.25, 0.3) is 5.91 Å². The number of hydrogen-bond donors (Lipinski definition) is 2. The third-order valence-corrected chi connectivity index (χ3v) is 3.01. The first-order valence-electron chi connectivity index (χ1n) is 6.10. The van der Waals surface area contributed by atoms with Gasteiger partial charge in [-0.05, 0) is 24.1 Å². The predicted molar refractivity (Wildman–Crippen MR) is 71.0 cm³/mol. The van der Waals surface area contributed by atoms with Gasteiger partial charge >= 0.3 is 0 Å². The predicted octanol–water partition coefficient (Wildman–Crippen LogP) is -0.0229.